The molecule has 1 atom stereocenters. The number of oxazole rings is 1. The van der Waals surface area contributed by atoms with Crippen LogP contribution in [0.1, 0.15) is 109 Å². The van der Waals surface area contributed by atoms with Gasteiger partial charge in [-0.2, -0.15) is 0 Å². The van der Waals surface area contributed by atoms with E-state index in [-0.39, 0.29) is 0 Å². The molecule has 1 unspecified atom stereocenters. The number of pyridine rings is 1. The first-order valence-electron chi connectivity index (χ1n) is 11.4. The minimum atomic E-state index is -0.626. The highest BCUT2D eigenvalue weighted by Crippen LogP contribution is 2.22. The molecule has 0 aromatic carbocycles. The van der Waals surface area contributed by atoms with Crippen molar-refractivity contribution in [3.8, 4) is 0 Å². The van der Waals surface area contributed by atoms with Crippen LogP contribution in [0.25, 0.3) is 11.2 Å². The van der Waals surface area contributed by atoms with E-state index < -0.39 is 6.10 Å². The normalized spacial score (nSPS) is 12.9. The Bertz CT molecular complexity index is 632. The van der Waals surface area contributed by atoms with E-state index in [1.165, 1.54) is 70.6 Å². The lowest BCUT2D eigenvalue weighted by molar-refractivity contribution is 0.132. The molecule has 2 rings (SSSR count). The number of nitrogens with zero attached hydrogens (tertiary/aromatic N) is 2. The number of hydrogen-bond acceptors (Lipinski definition) is 4. The Hall–Kier alpha value is -1.68. The fraction of sp³-hybridized carbons (Fsp3) is 0.667. The van der Waals surface area contributed by atoms with E-state index in [1.54, 1.807) is 6.20 Å². The lowest BCUT2D eigenvalue weighted by Gasteiger charge is -2.05. The van der Waals surface area contributed by atoms with Crippen LogP contribution in [-0.4, -0.2) is 15.1 Å². The summed E-state index contributed by atoms with van der Waals surface area (Å²) in [6.45, 7) is 2.27. The summed E-state index contributed by atoms with van der Waals surface area (Å²) in [5.41, 5.74) is 1.21. The number of hydrogen-bond donors (Lipinski definition) is 1. The van der Waals surface area contributed by atoms with E-state index in [0.717, 1.165) is 12.8 Å². The smallest absolute Gasteiger partial charge is 0.247 e. The molecule has 0 spiro atoms. The molecule has 0 fully saturated rings. The van der Waals surface area contributed by atoms with Gasteiger partial charge >= 0.3 is 0 Å². The summed E-state index contributed by atoms with van der Waals surface area (Å²) >= 11 is 0. The van der Waals surface area contributed by atoms with Gasteiger partial charge in [-0.25, -0.2) is 9.97 Å². The van der Waals surface area contributed by atoms with Gasteiger partial charge in [0.15, 0.2) is 0 Å². The maximum Gasteiger partial charge on any atom is 0.247 e. The second-order valence-corrected chi connectivity index (χ2v) is 7.77. The molecule has 2 aromatic rings. The topological polar surface area (TPSA) is 59.2 Å². The summed E-state index contributed by atoms with van der Waals surface area (Å²) in [4.78, 5) is 8.43. The molecular weight excluding hydrogens is 348 g/mol. The molecule has 0 aliphatic heterocycles. The molecule has 0 bridgehead atoms. The second-order valence-electron chi connectivity index (χ2n) is 7.77. The van der Waals surface area contributed by atoms with Crippen LogP contribution in [0, 0.1) is 0 Å². The van der Waals surface area contributed by atoms with Gasteiger partial charge in [-0.3, -0.25) is 0 Å². The lowest BCUT2D eigenvalue weighted by atomic mass is 10.1. The van der Waals surface area contributed by atoms with Gasteiger partial charge in [-0.15, -0.1) is 0 Å². The SMILES string of the molecule is CCCCCCCCC=CCCCCCCCC(O)c1nc2cccnc2o1. The largest absolute Gasteiger partial charge is 0.419 e. The van der Waals surface area contributed by atoms with E-state index in [4.69, 9.17) is 4.42 Å². The van der Waals surface area contributed by atoms with Gasteiger partial charge < -0.3 is 9.52 Å². The fourth-order valence-electron chi connectivity index (χ4n) is 3.46. The average molecular weight is 387 g/mol. The molecule has 2 heterocycles. The Kier molecular flexibility index (Phi) is 11.6. The third-order valence-corrected chi connectivity index (χ3v) is 5.21. The Morgan fingerprint density at radius 1 is 0.929 bits per heavy atom. The molecule has 4 nitrogen and oxygen atoms in total. The first-order valence-corrected chi connectivity index (χ1v) is 11.4. The molecule has 4 heteroatoms. The zero-order chi connectivity index (χ0) is 19.9. The third kappa shape index (κ3) is 9.01. The van der Waals surface area contributed by atoms with E-state index >= 15 is 0 Å². The predicted molar refractivity (Wildman–Crippen MR) is 116 cm³/mol. The van der Waals surface area contributed by atoms with Crippen molar-refractivity contribution in [2.75, 3.05) is 0 Å². The van der Waals surface area contributed by atoms with Crippen molar-refractivity contribution < 1.29 is 9.52 Å². The highest BCUT2D eigenvalue weighted by molar-refractivity contribution is 5.67. The number of allylic oxidation sites excluding steroid dienone is 2. The van der Waals surface area contributed by atoms with Gasteiger partial charge in [-0.1, -0.05) is 76.9 Å². The minimum absolute atomic E-state index is 0.393. The maximum absolute atomic E-state index is 10.2. The average Bonchev–Trinajstić information content (AvgIpc) is 3.15. The van der Waals surface area contributed by atoms with E-state index in [0.29, 0.717) is 23.5 Å². The monoisotopic (exact) mass is 386 g/mol. The summed E-state index contributed by atoms with van der Waals surface area (Å²) in [7, 11) is 0. The Morgan fingerprint density at radius 3 is 2.25 bits per heavy atom. The van der Waals surface area contributed by atoms with Crippen molar-refractivity contribution in [1.29, 1.82) is 0 Å². The van der Waals surface area contributed by atoms with E-state index in [9.17, 15) is 5.11 Å². The van der Waals surface area contributed by atoms with Gasteiger partial charge in [0.05, 0.1) is 0 Å². The third-order valence-electron chi connectivity index (χ3n) is 5.21. The van der Waals surface area contributed by atoms with Crippen LogP contribution < -0.4 is 0 Å². The number of rotatable bonds is 16. The van der Waals surface area contributed by atoms with Gasteiger partial charge in [0, 0.05) is 6.20 Å². The Morgan fingerprint density at radius 2 is 1.57 bits per heavy atom. The lowest BCUT2D eigenvalue weighted by Crippen LogP contribution is -1.97. The van der Waals surface area contributed by atoms with Crippen molar-refractivity contribution in [1.82, 2.24) is 9.97 Å². The van der Waals surface area contributed by atoms with Crippen LogP contribution in [0.4, 0.5) is 0 Å². The molecule has 0 saturated carbocycles. The first-order chi connectivity index (χ1) is 13.8. The molecule has 0 saturated heterocycles. The van der Waals surface area contributed by atoms with Crippen molar-refractivity contribution in [3.05, 3.63) is 36.4 Å². The molecule has 156 valence electrons. The van der Waals surface area contributed by atoms with E-state index in [1.807, 2.05) is 12.1 Å². The predicted octanol–water partition coefficient (Wildman–Crippen LogP) is 7.29. The van der Waals surface area contributed by atoms with Gasteiger partial charge in [-0.05, 0) is 44.2 Å². The van der Waals surface area contributed by atoms with Crippen LogP contribution in [0.2, 0.25) is 0 Å². The summed E-state index contributed by atoms with van der Waals surface area (Å²) < 4.78 is 5.52. The number of aromatic nitrogens is 2. The zero-order valence-corrected chi connectivity index (χ0v) is 17.6. The highest BCUT2D eigenvalue weighted by Gasteiger charge is 2.15. The number of fused-ring (bicyclic) bond motifs is 1. The molecule has 1 N–H and O–H groups in total. The molecular formula is C24H38N2O2. The van der Waals surface area contributed by atoms with Crippen LogP contribution in [0.3, 0.4) is 0 Å². The Labute approximate surface area is 170 Å². The van der Waals surface area contributed by atoms with Gasteiger partial charge in [0.25, 0.3) is 0 Å². The molecule has 0 amide bonds. The van der Waals surface area contributed by atoms with Crippen molar-refractivity contribution in [3.63, 3.8) is 0 Å². The number of unbranched alkanes of at least 4 members (excludes halogenated alkanes) is 11. The fourth-order valence-corrected chi connectivity index (χ4v) is 3.46. The zero-order valence-electron chi connectivity index (χ0n) is 17.6. The summed E-state index contributed by atoms with van der Waals surface area (Å²) in [5.74, 6) is 0.393. The summed E-state index contributed by atoms with van der Waals surface area (Å²) in [6, 6.07) is 3.68. The summed E-state index contributed by atoms with van der Waals surface area (Å²) in [6.07, 6.45) is 23.1. The van der Waals surface area contributed by atoms with Gasteiger partial charge in [0.2, 0.25) is 11.6 Å². The van der Waals surface area contributed by atoms with Crippen molar-refractivity contribution >= 4 is 11.2 Å². The first kappa shape index (κ1) is 22.6. The minimum Gasteiger partial charge on any atom is -0.419 e. The van der Waals surface area contributed by atoms with E-state index in [2.05, 4.69) is 29.0 Å². The van der Waals surface area contributed by atoms with Crippen LogP contribution >= 0.6 is 0 Å². The van der Waals surface area contributed by atoms with Gasteiger partial charge in [0.1, 0.15) is 11.6 Å². The van der Waals surface area contributed by atoms with Crippen molar-refractivity contribution in [2.45, 2.75) is 103 Å². The number of aliphatic hydroxyl groups is 1. The quantitative estimate of drug-likeness (QED) is 0.243. The standard InChI is InChI=1S/C24H38N2O2/c1-2-3-4-5-6-7-8-9-10-11-12-13-14-15-16-19-22(27)24-26-21-18-17-20-25-23(21)28-24/h9-10,17-18,20,22,27H,2-8,11-16,19H2,1H3. The highest BCUT2D eigenvalue weighted by atomic mass is 16.4. The maximum atomic E-state index is 10.2. The molecule has 0 aliphatic rings. The van der Waals surface area contributed by atoms with Crippen molar-refractivity contribution in [2.24, 2.45) is 0 Å². The molecule has 2 aromatic heterocycles. The second kappa shape index (κ2) is 14.3. The number of aliphatic hydroxyl groups excluding tert-OH is 1. The molecule has 0 aliphatic carbocycles. The van der Waals surface area contributed by atoms with Crippen LogP contribution in [0.5, 0.6) is 0 Å². The van der Waals surface area contributed by atoms with Crippen LogP contribution in [-0.2, 0) is 0 Å². The van der Waals surface area contributed by atoms with Crippen LogP contribution in [0.15, 0.2) is 34.9 Å². The molecule has 0 radical (unpaired) electrons. The molecule has 28 heavy (non-hydrogen) atoms. The summed E-state index contributed by atoms with van der Waals surface area (Å²) in [5, 5.41) is 10.2. The Balaban J connectivity index is 1.41.